The van der Waals surface area contributed by atoms with Gasteiger partial charge in [-0.15, -0.1) is 0 Å². The van der Waals surface area contributed by atoms with Crippen LogP contribution in [0.1, 0.15) is 71.8 Å². The number of fused-ring (bicyclic) bond motifs is 2. The second-order valence-corrected chi connectivity index (χ2v) is 11.0. The van der Waals surface area contributed by atoms with Gasteiger partial charge in [-0.25, -0.2) is 9.97 Å². The molecule has 32 heavy (non-hydrogen) atoms. The van der Waals surface area contributed by atoms with Gasteiger partial charge in [0, 0.05) is 68.3 Å². The van der Waals surface area contributed by atoms with Crippen LogP contribution >= 0.6 is 0 Å². The smallest absolute Gasteiger partial charge is 0.225 e. The molecule has 1 aromatic rings. The molecule has 0 spiro atoms. The van der Waals surface area contributed by atoms with E-state index in [1.165, 1.54) is 63.7 Å². The van der Waals surface area contributed by atoms with Crippen molar-refractivity contribution in [1.29, 1.82) is 0 Å². The fourth-order valence-corrected chi connectivity index (χ4v) is 6.00. The van der Waals surface area contributed by atoms with E-state index in [0.29, 0.717) is 18.1 Å². The lowest BCUT2D eigenvalue weighted by Gasteiger charge is -2.51. The summed E-state index contributed by atoms with van der Waals surface area (Å²) in [6.45, 7) is 16.2. The van der Waals surface area contributed by atoms with Gasteiger partial charge in [-0.2, -0.15) is 0 Å². The summed E-state index contributed by atoms with van der Waals surface area (Å²) < 4.78 is 0. The minimum Gasteiger partial charge on any atom is -0.332 e. The molecule has 0 N–H and O–H groups in total. The van der Waals surface area contributed by atoms with Crippen LogP contribution < -0.4 is 4.90 Å². The van der Waals surface area contributed by atoms with Crippen molar-refractivity contribution in [2.75, 3.05) is 44.7 Å². The third-order valence-corrected chi connectivity index (χ3v) is 8.29. The summed E-state index contributed by atoms with van der Waals surface area (Å²) >= 11 is 0. The Morgan fingerprint density at radius 2 is 1.62 bits per heavy atom. The van der Waals surface area contributed by atoms with Crippen molar-refractivity contribution < 1.29 is 0 Å². The lowest BCUT2D eigenvalue weighted by atomic mass is 9.91. The predicted octanol–water partition coefficient (Wildman–Crippen LogP) is 3.87. The highest BCUT2D eigenvalue weighted by Gasteiger charge is 2.39. The van der Waals surface area contributed by atoms with Gasteiger partial charge >= 0.3 is 0 Å². The topological polar surface area (TPSA) is 38.7 Å². The molecule has 0 saturated carbocycles. The van der Waals surface area contributed by atoms with Crippen LogP contribution in [0.5, 0.6) is 0 Å². The van der Waals surface area contributed by atoms with E-state index in [1.807, 2.05) is 0 Å². The van der Waals surface area contributed by atoms with Crippen LogP contribution in [0.4, 0.5) is 5.95 Å². The summed E-state index contributed by atoms with van der Waals surface area (Å²) in [4.78, 5) is 20.1. The lowest BCUT2D eigenvalue weighted by Crippen LogP contribution is -2.62. The van der Waals surface area contributed by atoms with Gasteiger partial charge in [-0.05, 0) is 72.0 Å². The van der Waals surface area contributed by atoms with Crippen LogP contribution in [0.25, 0.3) is 0 Å². The number of anilines is 1. The zero-order valence-electron chi connectivity index (χ0n) is 21.2. The first-order valence-electron chi connectivity index (χ1n) is 13.2. The van der Waals surface area contributed by atoms with Crippen molar-refractivity contribution in [2.45, 2.75) is 96.9 Å². The van der Waals surface area contributed by atoms with Crippen molar-refractivity contribution in [3.63, 3.8) is 0 Å². The first-order chi connectivity index (χ1) is 15.4. The Balaban J connectivity index is 1.29. The SMILES string of the molecule is CCC(C)CN(C)C1CCN(Cc2cnc(N3C4CCCC3CN(C(C)C)C4)nc2)CC1. The number of piperidine rings is 2. The van der Waals surface area contributed by atoms with Crippen LogP contribution in [-0.2, 0) is 6.54 Å². The molecular weight excluding hydrogens is 396 g/mol. The summed E-state index contributed by atoms with van der Waals surface area (Å²) in [6, 6.07) is 2.51. The zero-order chi connectivity index (χ0) is 22.7. The third kappa shape index (κ3) is 5.63. The molecule has 3 saturated heterocycles. The van der Waals surface area contributed by atoms with Crippen LogP contribution in [0, 0.1) is 5.92 Å². The molecule has 0 aliphatic carbocycles. The molecule has 4 heterocycles. The molecule has 0 radical (unpaired) electrons. The van der Waals surface area contributed by atoms with Gasteiger partial charge in [0.05, 0.1) is 0 Å². The van der Waals surface area contributed by atoms with E-state index >= 15 is 0 Å². The van der Waals surface area contributed by atoms with Crippen molar-refractivity contribution in [1.82, 2.24) is 24.7 Å². The van der Waals surface area contributed by atoms with Gasteiger partial charge in [0.1, 0.15) is 0 Å². The minimum absolute atomic E-state index is 0.571. The highest BCUT2D eigenvalue weighted by atomic mass is 15.4. The summed E-state index contributed by atoms with van der Waals surface area (Å²) in [5.41, 5.74) is 1.26. The second kappa shape index (κ2) is 10.8. The largest absolute Gasteiger partial charge is 0.332 e. The average molecular weight is 443 g/mol. The number of aromatic nitrogens is 2. The van der Waals surface area contributed by atoms with Gasteiger partial charge in [0.25, 0.3) is 0 Å². The Labute approximate surface area is 196 Å². The predicted molar refractivity (Wildman–Crippen MR) is 133 cm³/mol. The van der Waals surface area contributed by atoms with Gasteiger partial charge < -0.3 is 9.80 Å². The summed E-state index contributed by atoms with van der Waals surface area (Å²) in [5, 5.41) is 0. The van der Waals surface area contributed by atoms with Gasteiger partial charge in [0.2, 0.25) is 5.95 Å². The maximum absolute atomic E-state index is 4.87. The van der Waals surface area contributed by atoms with Gasteiger partial charge in [-0.1, -0.05) is 20.3 Å². The van der Waals surface area contributed by atoms with Crippen molar-refractivity contribution in [2.24, 2.45) is 5.92 Å². The highest BCUT2D eigenvalue weighted by Crippen LogP contribution is 2.32. The maximum Gasteiger partial charge on any atom is 0.225 e. The maximum atomic E-state index is 4.87. The highest BCUT2D eigenvalue weighted by molar-refractivity contribution is 5.36. The van der Waals surface area contributed by atoms with Crippen LogP contribution in [-0.4, -0.2) is 88.6 Å². The van der Waals surface area contributed by atoms with E-state index in [0.717, 1.165) is 37.5 Å². The molecular formula is C26H46N6. The number of piperazine rings is 1. The fourth-order valence-electron chi connectivity index (χ4n) is 6.00. The zero-order valence-corrected chi connectivity index (χ0v) is 21.2. The van der Waals surface area contributed by atoms with E-state index in [1.54, 1.807) is 0 Å². The summed E-state index contributed by atoms with van der Waals surface area (Å²) in [7, 11) is 2.31. The molecule has 2 bridgehead atoms. The van der Waals surface area contributed by atoms with Crippen LogP contribution in [0.15, 0.2) is 12.4 Å². The van der Waals surface area contributed by atoms with E-state index in [-0.39, 0.29) is 0 Å². The molecule has 4 rings (SSSR count). The summed E-state index contributed by atoms with van der Waals surface area (Å²) in [5.74, 6) is 1.75. The molecule has 3 fully saturated rings. The molecule has 0 aromatic carbocycles. The number of hydrogen-bond acceptors (Lipinski definition) is 6. The molecule has 1 aromatic heterocycles. The van der Waals surface area contributed by atoms with Crippen molar-refractivity contribution in [3.05, 3.63) is 18.0 Å². The van der Waals surface area contributed by atoms with E-state index in [9.17, 15) is 0 Å². The lowest BCUT2D eigenvalue weighted by molar-refractivity contribution is 0.113. The summed E-state index contributed by atoms with van der Waals surface area (Å²) in [6.07, 6.45) is 11.9. The first kappa shape index (κ1) is 23.9. The average Bonchev–Trinajstić information content (AvgIpc) is 2.79. The van der Waals surface area contributed by atoms with E-state index in [2.05, 4.69) is 66.7 Å². The fraction of sp³-hybridized carbons (Fsp3) is 0.846. The third-order valence-electron chi connectivity index (χ3n) is 8.29. The quantitative estimate of drug-likeness (QED) is 0.609. The van der Waals surface area contributed by atoms with Crippen LogP contribution in [0.2, 0.25) is 0 Å². The number of hydrogen-bond donors (Lipinski definition) is 0. The molecule has 3 atom stereocenters. The molecule has 6 heteroatoms. The van der Waals surface area contributed by atoms with Crippen LogP contribution in [0.3, 0.4) is 0 Å². The number of nitrogens with zero attached hydrogens (tertiary/aromatic N) is 6. The monoisotopic (exact) mass is 442 g/mol. The first-order valence-corrected chi connectivity index (χ1v) is 13.2. The number of rotatable bonds is 8. The van der Waals surface area contributed by atoms with E-state index < -0.39 is 0 Å². The standard InChI is InChI=1S/C26H46N6/c1-6-21(4)16-29(5)23-10-12-30(13-11-23)17-22-14-27-26(28-15-22)32-24-8-7-9-25(32)19-31(18-24)20(2)3/h14-15,20-21,23-25H,6-13,16-19H2,1-5H3. The Bertz CT molecular complexity index is 685. The molecule has 3 aliphatic heterocycles. The Kier molecular flexibility index (Phi) is 8.06. The van der Waals surface area contributed by atoms with E-state index in [4.69, 9.17) is 9.97 Å². The van der Waals surface area contributed by atoms with Crippen molar-refractivity contribution in [3.8, 4) is 0 Å². The Morgan fingerprint density at radius 3 is 2.19 bits per heavy atom. The molecule has 3 unspecified atom stereocenters. The molecule has 0 amide bonds. The minimum atomic E-state index is 0.571. The Morgan fingerprint density at radius 1 is 1.00 bits per heavy atom. The van der Waals surface area contributed by atoms with Gasteiger partial charge in [-0.3, -0.25) is 9.80 Å². The van der Waals surface area contributed by atoms with Crippen molar-refractivity contribution >= 4 is 5.95 Å². The molecule has 3 aliphatic rings. The molecule has 6 nitrogen and oxygen atoms in total. The molecule has 180 valence electrons. The second-order valence-electron chi connectivity index (χ2n) is 11.0. The van der Waals surface area contributed by atoms with Gasteiger partial charge in [0.15, 0.2) is 0 Å². The normalized spacial score (nSPS) is 26.8. The number of likely N-dealkylation sites (tertiary alicyclic amines) is 2. The Hall–Kier alpha value is -1.24.